The number of carbonyl (C=O) groups excluding carboxylic acids is 2. The Labute approximate surface area is 180 Å². The molecule has 1 aliphatic heterocycles. The summed E-state index contributed by atoms with van der Waals surface area (Å²) in [5, 5.41) is 0.741. The molecule has 0 spiro atoms. The highest BCUT2D eigenvalue weighted by atomic mass is 16.5. The van der Waals surface area contributed by atoms with Crippen molar-refractivity contribution in [3.8, 4) is 0 Å². The molecule has 1 atom stereocenters. The molecule has 1 aromatic heterocycles. The molecule has 1 aliphatic rings. The number of hydrogen-bond acceptors (Lipinski definition) is 5. The summed E-state index contributed by atoms with van der Waals surface area (Å²) in [6, 6.07) is 14.8. The molecule has 0 aliphatic carbocycles. The third-order valence-electron chi connectivity index (χ3n) is 5.79. The first kappa shape index (κ1) is 20.8. The van der Waals surface area contributed by atoms with Crippen LogP contribution in [0.25, 0.3) is 11.0 Å². The van der Waals surface area contributed by atoms with E-state index in [1.807, 2.05) is 56.3 Å². The maximum atomic E-state index is 12.7. The van der Waals surface area contributed by atoms with Crippen LogP contribution in [0.3, 0.4) is 0 Å². The molecule has 1 fully saturated rings. The van der Waals surface area contributed by atoms with Gasteiger partial charge < -0.3 is 14.1 Å². The van der Waals surface area contributed by atoms with E-state index >= 15 is 0 Å². The van der Waals surface area contributed by atoms with Gasteiger partial charge in [0.25, 0.3) is 0 Å². The number of amides is 1. The van der Waals surface area contributed by atoms with Crippen LogP contribution in [0.15, 0.2) is 57.7 Å². The number of para-hydroxylation sites is 1. The first-order valence-corrected chi connectivity index (χ1v) is 10.6. The second kappa shape index (κ2) is 8.76. The molecule has 3 aromatic rings. The first-order valence-electron chi connectivity index (χ1n) is 10.6. The molecule has 1 amide bonds. The van der Waals surface area contributed by atoms with Crippen LogP contribution in [-0.4, -0.2) is 18.4 Å². The number of ether oxygens (including phenoxy) is 1. The van der Waals surface area contributed by atoms with Crippen molar-refractivity contribution in [2.45, 2.75) is 39.7 Å². The van der Waals surface area contributed by atoms with Crippen molar-refractivity contribution in [1.82, 2.24) is 0 Å². The van der Waals surface area contributed by atoms with Crippen LogP contribution in [0.5, 0.6) is 0 Å². The molecule has 0 radical (unpaired) electrons. The molecule has 0 bridgehead atoms. The molecular weight excluding hydrogens is 394 g/mol. The van der Waals surface area contributed by atoms with Gasteiger partial charge in [-0.05, 0) is 36.1 Å². The number of carbonyl (C=O) groups is 2. The third kappa shape index (κ3) is 4.24. The Morgan fingerprint density at radius 1 is 1.06 bits per heavy atom. The van der Waals surface area contributed by atoms with E-state index < -0.39 is 17.5 Å². The van der Waals surface area contributed by atoms with E-state index in [1.54, 1.807) is 4.90 Å². The lowest BCUT2D eigenvalue weighted by Gasteiger charge is -2.19. The van der Waals surface area contributed by atoms with Gasteiger partial charge in [-0.1, -0.05) is 44.2 Å². The number of aryl methyl sites for hydroxylation is 2. The minimum Gasteiger partial charge on any atom is -0.461 e. The van der Waals surface area contributed by atoms with Gasteiger partial charge in [-0.2, -0.15) is 0 Å². The number of fused-ring (bicyclic) bond motifs is 1. The van der Waals surface area contributed by atoms with Crippen LogP contribution in [0.4, 0.5) is 5.69 Å². The van der Waals surface area contributed by atoms with Gasteiger partial charge in [0.2, 0.25) is 5.91 Å². The summed E-state index contributed by atoms with van der Waals surface area (Å²) < 4.78 is 10.8. The minimum absolute atomic E-state index is 0.0390. The summed E-state index contributed by atoms with van der Waals surface area (Å²) in [6.45, 7) is 4.32. The van der Waals surface area contributed by atoms with E-state index in [0.29, 0.717) is 17.7 Å². The summed E-state index contributed by atoms with van der Waals surface area (Å²) in [7, 11) is 0. The molecule has 4 rings (SSSR count). The number of hydrogen-bond donors (Lipinski definition) is 0. The smallest absolute Gasteiger partial charge is 0.336 e. The fraction of sp³-hybridized carbons (Fsp3) is 0.320. The van der Waals surface area contributed by atoms with Gasteiger partial charge >= 0.3 is 11.6 Å². The molecule has 0 unspecified atom stereocenters. The second-order valence-electron chi connectivity index (χ2n) is 7.77. The van der Waals surface area contributed by atoms with Gasteiger partial charge in [0.1, 0.15) is 12.2 Å². The predicted octanol–water partition coefficient (Wildman–Crippen LogP) is 4.01. The fourth-order valence-electron chi connectivity index (χ4n) is 4.05. The summed E-state index contributed by atoms with van der Waals surface area (Å²) >= 11 is 0. The number of anilines is 1. The van der Waals surface area contributed by atoms with Crippen molar-refractivity contribution in [2.24, 2.45) is 5.92 Å². The largest absolute Gasteiger partial charge is 0.461 e. The lowest BCUT2D eigenvalue weighted by molar-refractivity contribution is -0.149. The van der Waals surface area contributed by atoms with Crippen molar-refractivity contribution >= 4 is 28.5 Å². The zero-order chi connectivity index (χ0) is 22.0. The van der Waals surface area contributed by atoms with E-state index in [9.17, 15) is 14.4 Å². The molecular formula is C25H25NO5. The Morgan fingerprint density at radius 3 is 2.65 bits per heavy atom. The zero-order valence-electron chi connectivity index (χ0n) is 17.7. The molecule has 2 aromatic carbocycles. The summed E-state index contributed by atoms with van der Waals surface area (Å²) in [5.74, 6) is -1.05. The second-order valence-corrected chi connectivity index (χ2v) is 7.77. The molecule has 1 saturated heterocycles. The molecule has 0 saturated carbocycles. The van der Waals surface area contributed by atoms with Crippen LogP contribution >= 0.6 is 0 Å². The SMILES string of the molecule is CCc1ccc2c(COC(=O)[C@H]3CC(=O)N(c4ccccc4CC)C3)cc(=O)oc2c1. The van der Waals surface area contributed by atoms with Crippen LogP contribution in [0, 0.1) is 5.92 Å². The van der Waals surface area contributed by atoms with Gasteiger partial charge in [-0.3, -0.25) is 9.59 Å². The standard InChI is InChI=1S/C25H25NO5/c1-3-16-9-10-20-19(13-24(28)31-22(20)11-16)15-30-25(29)18-12-23(27)26(14-18)21-8-6-5-7-17(21)4-2/h5-11,13,18H,3-4,12,14-15H2,1-2H3/t18-/m0/s1. The monoisotopic (exact) mass is 419 g/mol. The van der Waals surface area contributed by atoms with E-state index in [0.717, 1.165) is 35.0 Å². The fourth-order valence-corrected chi connectivity index (χ4v) is 4.05. The van der Waals surface area contributed by atoms with Gasteiger partial charge in [-0.25, -0.2) is 4.79 Å². The van der Waals surface area contributed by atoms with Gasteiger partial charge in [0, 0.05) is 35.7 Å². The van der Waals surface area contributed by atoms with E-state index in [-0.39, 0.29) is 18.9 Å². The number of benzene rings is 2. The molecule has 6 nitrogen and oxygen atoms in total. The Balaban J connectivity index is 1.48. The predicted molar refractivity (Wildman–Crippen MR) is 118 cm³/mol. The highest BCUT2D eigenvalue weighted by Gasteiger charge is 2.36. The lowest BCUT2D eigenvalue weighted by atomic mass is 10.1. The highest BCUT2D eigenvalue weighted by molar-refractivity contribution is 6.00. The Kier molecular flexibility index (Phi) is 5.89. The van der Waals surface area contributed by atoms with Crippen LogP contribution in [0.1, 0.15) is 37.0 Å². The van der Waals surface area contributed by atoms with E-state index in [4.69, 9.17) is 9.15 Å². The van der Waals surface area contributed by atoms with Crippen LogP contribution in [-0.2, 0) is 33.8 Å². The van der Waals surface area contributed by atoms with E-state index in [1.165, 1.54) is 6.07 Å². The quantitative estimate of drug-likeness (QED) is 0.446. The lowest BCUT2D eigenvalue weighted by Crippen LogP contribution is -2.27. The van der Waals surface area contributed by atoms with Crippen molar-refractivity contribution in [3.63, 3.8) is 0 Å². The Bertz CT molecular complexity index is 1200. The summed E-state index contributed by atoms with van der Waals surface area (Å²) in [5.41, 5.74) is 3.57. The van der Waals surface area contributed by atoms with Gasteiger partial charge in [0.15, 0.2) is 0 Å². The average Bonchev–Trinajstić information content (AvgIpc) is 3.18. The molecule has 2 heterocycles. The molecule has 6 heteroatoms. The molecule has 0 N–H and O–H groups in total. The normalized spacial score (nSPS) is 16.1. The average molecular weight is 419 g/mol. The van der Waals surface area contributed by atoms with Crippen molar-refractivity contribution in [2.75, 3.05) is 11.4 Å². The van der Waals surface area contributed by atoms with Gasteiger partial charge in [0.05, 0.1) is 5.92 Å². The number of nitrogens with zero attached hydrogens (tertiary/aromatic N) is 1. The van der Waals surface area contributed by atoms with Crippen molar-refractivity contribution in [1.29, 1.82) is 0 Å². The van der Waals surface area contributed by atoms with Crippen molar-refractivity contribution in [3.05, 3.63) is 75.6 Å². The molecule has 160 valence electrons. The topological polar surface area (TPSA) is 76.8 Å². The third-order valence-corrected chi connectivity index (χ3v) is 5.79. The Hall–Kier alpha value is -3.41. The zero-order valence-corrected chi connectivity index (χ0v) is 17.7. The van der Waals surface area contributed by atoms with Crippen molar-refractivity contribution < 1.29 is 18.7 Å². The first-order chi connectivity index (χ1) is 15.0. The van der Waals surface area contributed by atoms with Gasteiger partial charge in [-0.15, -0.1) is 0 Å². The van der Waals surface area contributed by atoms with E-state index in [2.05, 4.69) is 0 Å². The Morgan fingerprint density at radius 2 is 1.87 bits per heavy atom. The number of rotatable bonds is 6. The van der Waals surface area contributed by atoms with Crippen LogP contribution < -0.4 is 10.5 Å². The minimum atomic E-state index is -0.532. The highest BCUT2D eigenvalue weighted by Crippen LogP contribution is 2.29. The maximum Gasteiger partial charge on any atom is 0.336 e. The summed E-state index contributed by atoms with van der Waals surface area (Å²) in [4.78, 5) is 38.9. The number of esters is 1. The maximum absolute atomic E-state index is 12.7. The summed E-state index contributed by atoms with van der Waals surface area (Å²) in [6.07, 6.45) is 1.75. The van der Waals surface area contributed by atoms with Crippen LogP contribution in [0.2, 0.25) is 0 Å². The molecule has 31 heavy (non-hydrogen) atoms.